The molecule has 0 bridgehead atoms. The Morgan fingerprint density at radius 1 is 1.19 bits per heavy atom. The SMILES string of the molecule is CC1(C)N([O-])C(c2ccc(C(=O)O)cc2)=[N+]([O-])C1(C)C.[K+]. The summed E-state index contributed by atoms with van der Waals surface area (Å²) in [4.78, 5) is 10.8. The van der Waals surface area contributed by atoms with Crippen molar-refractivity contribution in [1.29, 1.82) is 0 Å². The number of benzene rings is 1. The van der Waals surface area contributed by atoms with Crippen molar-refractivity contribution in [2.24, 2.45) is 0 Å². The third-order valence-corrected chi connectivity index (χ3v) is 4.29. The van der Waals surface area contributed by atoms with Crippen LogP contribution in [0, 0.1) is 10.4 Å². The predicted octanol–water partition coefficient (Wildman–Crippen LogP) is -0.984. The minimum Gasteiger partial charge on any atom is -0.715 e. The minimum absolute atomic E-state index is 0. The summed E-state index contributed by atoms with van der Waals surface area (Å²) in [7, 11) is 0. The van der Waals surface area contributed by atoms with Gasteiger partial charge in [0.2, 0.25) is 0 Å². The number of hydrogen-bond donors (Lipinski definition) is 1. The van der Waals surface area contributed by atoms with Crippen molar-refractivity contribution >= 4 is 11.8 Å². The molecule has 0 saturated carbocycles. The van der Waals surface area contributed by atoms with Crippen molar-refractivity contribution in [3.63, 3.8) is 0 Å². The molecule has 1 heterocycles. The second-order valence-corrected chi connectivity index (χ2v) is 5.91. The van der Waals surface area contributed by atoms with Gasteiger partial charge in [0.05, 0.1) is 11.1 Å². The van der Waals surface area contributed by atoms with Gasteiger partial charge in [-0.2, -0.15) is 0 Å². The minimum atomic E-state index is -1.05. The first-order chi connectivity index (χ1) is 9.10. The number of amidine groups is 1. The van der Waals surface area contributed by atoms with Gasteiger partial charge in [0.1, 0.15) is 11.1 Å². The number of carboxylic acids is 1. The van der Waals surface area contributed by atoms with Gasteiger partial charge in [0.15, 0.2) is 0 Å². The van der Waals surface area contributed by atoms with Crippen LogP contribution in [0.1, 0.15) is 43.6 Å². The van der Waals surface area contributed by atoms with Crippen LogP contribution in [0.3, 0.4) is 0 Å². The van der Waals surface area contributed by atoms with E-state index in [1.807, 2.05) is 0 Å². The molecule has 0 saturated heterocycles. The summed E-state index contributed by atoms with van der Waals surface area (Å²) in [6.45, 7) is 6.85. The molecule has 0 aromatic heterocycles. The molecular weight excluding hydrogens is 299 g/mol. The van der Waals surface area contributed by atoms with E-state index in [0.29, 0.717) is 15.4 Å². The van der Waals surface area contributed by atoms with Gasteiger partial charge in [-0.1, -0.05) is 0 Å². The van der Waals surface area contributed by atoms with Crippen molar-refractivity contribution in [2.75, 3.05) is 0 Å². The maximum Gasteiger partial charge on any atom is 1.00 e. The molecule has 108 valence electrons. The van der Waals surface area contributed by atoms with E-state index in [1.165, 1.54) is 24.3 Å². The first kappa shape index (κ1) is 18.6. The summed E-state index contributed by atoms with van der Waals surface area (Å²) in [6, 6.07) is 5.72. The Morgan fingerprint density at radius 2 is 1.67 bits per heavy atom. The Balaban J connectivity index is 0.00000220. The Kier molecular flexibility index (Phi) is 5.30. The molecule has 0 atom stereocenters. The third-order valence-electron chi connectivity index (χ3n) is 4.29. The number of nitrogens with zero attached hydrogens (tertiary/aromatic N) is 2. The third kappa shape index (κ3) is 2.78. The van der Waals surface area contributed by atoms with Crippen LogP contribution in [0.5, 0.6) is 0 Å². The van der Waals surface area contributed by atoms with Gasteiger partial charge >= 0.3 is 57.4 Å². The molecule has 0 unspecified atom stereocenters. The summed E-state index contributed by atoms with van der Waals surface area (Å²) >= 11 is 0. The van der Waals surface area contributed by atoms with E-state index in [0.717, 1.165) is 0 Å². The summed E-state index contributed by atoms with van der Waals surface area (Å²) in [6.07, 6.45) is 0. The number of hydrogen-bond acceptors (Lipinski definition) is 4. The Bertz CT molecular complexity index is 593. The van der Waals surface area contributed by atoms with Crippen LogP contribution in [-0.2, 0) is 0 Å². The van der Waals surface area contributed by atoms with E-state index in [2.05, 4.69) is 0 Å². The zero-order valence-corrected chi connectivity index (χ0v) is 16.0. The largest absolute Gasteiger partial charge is 1.00 e. The maximum absolute atomic E-state index is 12.4. The molecule has 2 rings (SSSR count). The molecule has 1 aromatic rings. The number of hydroxylamine groups is 3. The molecule has 7 heteroatoms. The summed E-state index contributed by atoms with van der Waals surface area (Å²) < 4.78 is 0.704. The van der Waals surface area contributed by atoms with Crippen LogP contribution in [0.25, 0.3) is 0 Å². The van der Waals surface area contributed by atoms with Gasteiger partial charge in [-0.15, -0.1) is 0 Å². The van der Waals surface area contributed by atoms with Crippen LogP contribution < -0.4 is 51.4 Å². The van der Waals surface area contributed by atoms with Crippen LogP contribution >= 0.6 is 0 Å². The van der Waals surface area contributed by atoms with E-state index in [-0.39, 0.29) is 62.8 Å². The van der Waals surface area contributed by atoms with Gasteiger partial charge < -0.3 is 15.5 Å². The monoisotopic (exact) mass is 316 g/mol. The molecule has 21 heavy (non-hydrogen) atoms. The molecule has 1 aliphatic heterocycles. The summed E-state index contributed by atoms with van der Waals surface area (Å²) in [5.74, 6) is -1.04. The van der Waals surface area contributed by atoms with Gasteiger partial charge in [0.25, 0.3) is 5.84 Å². The second-order valence-electron chi connectivity index (χ2n) is 5.91. The zero-order valence-electron chi connectivity index (χ0n) is 12.9. The first-order valence-electron chi connectivity index (χ1n) is 6.26. The van der Waals surface area contributed by atoms with E-state index < -0.39 is 17.0 Å². The fourth-order valence-electron chi connectivity index (χ4n) is 2.11. The van der Waals surface area contributed by atoms with E-state index in [9.17, 15) is 15.2 Å². The smallest absolute Gasteiger partial charge is 0.715 e. The van der Waals surface area contributed by atoms with E-state index >= 15 is 0 Å². The first-order valence-corrected chi connectivity index (χ1v) is 6.26. The van der Waals surface area contributed by atoms with Crippen molar-refractivity contribution in [1.82, 2.24) is 5.06 Å². The van der Waals surface area contributed by atoms with Gasteiger partial charge in [-0.05, 0) is 52.0 Å². The van der Waals surface area contributed by atoms with Crippen LogP contribution in [0.2, 0.25) is 0 Å². The van der Waals surface area contributed by atoms with Crippen LogP contribution in [0.4, 0.5) is 0 Å². The van der Waals surface area contributed by atoms with E-state index in [4.69, 9.17) is 5.11 Å². The zero-order chi connectivity index (χ0) is 15.3. The normalized spacial score (nSPS) is 19.4. The van der Waals surface area contributed by atoms with Crippen molar-refractivity contribution in [3.8, 4) is 0 Å². The predicted molar refractivity (Wildman–Crippen MR) is 74.5 cm³/mol. The number of carbonyl (C=O) groups is 1. The molecule has 1 aromatic carbocycles. The Labute approximate surface area is 166 Å². The average molecular weight is 316 g/mol. The Morgan fingerprint density at radius 3 is 2.00 bits per heavy atom. The molecule has 0 spiro atoms. The Hall–Kier alpha value is -0.444. The standard InChI is InChI=1S/C14H17N2O4.K/c1-13(2)14(3,4)16(20)11(15(13)19)9-5-7-10(8-6-9)12(17)18;/h5-8H,1-4H3,(H,17,18);/q-1;+1. The molecule has 6 nitrogen and oxygen atoms in total. The fraction of sp³-hybridized carbons (Fsp3) is 0.429. The number of aromatic carboxylic acids is 1. The van der Waals surface area contributed by atoms with Gasteiger partial charge in [-0.25, -0.2) is 4.79 Å². The molecule has 0 fully saturated rings. The van der Waals surface area contributed by atoms with E-state index in [1.54, 1.807) is 27.7 Å². The van der Waals surface area contributed by atoms with Crippen molar-refractivity contribution in [3.05, 3.63) is 45.8 Å². The maximum atomic E-state index is 12.4. The molecule has 0 radical (unpaired) electrons. The fourth-order valence-corrected chi connectivity index (χ4v) is 2.11. The molecule has 1 aliphatic rings. The van der Waals surface area contributed by atoms with Crippen LogP contribution in [0.15, 0.2) is 24.3 Å². The number of rotatable bonds is 2. The quantitative estimate of drug-likeness (QED) is 0.430. The van der Waals surface area contributed by atoms with Gasteiger partial charge in [0, 0.05) is 0 Å². The average Bonchev–Trinajstić information content (AvgIpc) is 2.49. The molecule has 0 aliphatic carbocycles. The second kappa shape index (κ2) is 5.98. The van der Waals surface area contributed by atoms with Crippen molar-refractivity contribution < 1.29 is 66.0 Å². The molecule has 1 N–H and O–H groups in total. The topological polar surface area (TPSA) is 89.7 Å². The molecule has 0 amide bonds. The van der Waals surface area contributed by atoms with Crippen molar-refractivity contribution in [2.45, 2.75) is 38.8 Å². The number of carboxylic acid groups (broad SMARTS) is 1. The van der Waals surface area contributed by atoms with Crippen LogP contribution in [-0.4, -0.2) is 37.8 Å². The summed E-state index contributed by atoms with van der Waals surface area (Å²) in [5, 5.41) is 34.4. The summed E-state index contributed by atoms with van der Waals surface area (Å²) in [5.41, 5.74) is -1.23. The molecular formula is C14H17KN2O4. The van der Waals surface area contributed by atoms with Gasteiger partial charge in [-0.3, -0.25) is 9.80 Å².